The molecule has 8 heteroatoms. The molecule has 1 atom stereocenters. The third-order valence-corrected chi connectivity index (χ3v) is 5.10. The van der Waals surface area contributed by atoms with Crippen molar-refractivity contribution in [3.63, 3.8) is 0 Å². The number of aromatic nitrogens is 2. The summed E-state index contributed by atoms with van der Waals surface area (Å²) in [6.07, 6.45) is 4.42. The van der Waals surface area contributed by atoms with Gasteiger partial charge in [-0.3, -0.25) is 4.99 Å². The zero-order chi connectivity index (χ0) is 20.1. The molecule has 1 fully saturated rings. The Labute approximate surface area is 174 Å². The minimum absolute atomic E-state index is 0.261. The zero-order valence-corrected chi connectivity index (χ0v) is 16.9. The van der Waals surface area contributed by atoms with Gasteiger partial charge in [-0.25, -0.2) is 9.97 Å². The van der Waals surface area contributed by atoms with Crippen LogP contribution >= 0.6 is 11.6 Å². The molecular weight excluding hydrogens is 388 g/mol. The molecule has 0 amide bonds. The lowest BCUT2D eigenvalue weighted by atomic mass is 10.2. The molecule has 0 aliphatic carbocycles. The van der Waals surface area contributed by atoms with Gasteiger partial charge in [0, 0.05) is 37.9 Å². The van der Waals surface area contributed by atoms with Crippen LogP contribution in [0.2, 0.25) is 5.02 Å². The summed E-state index contributed by atoms with van der Waals surface area (Å²) in [5.41, 5.74) is 1.78. The normalized spacial score (nSPS) is 16.8. The van der Waals surface area contributed by atoms with E-state index in [1.54, 1.807) is 19.5 Å². The Bertz CT molecular complexity index is 974. The van der Waals surface area contributed by atoms with Crippen molar-refractivity contribution in [2.75, 3.05) is 25.0 Å². The molecule has 7 nitrogen and oxygen atoms in total. The topological polar surface area (TPSA) is 78.6 Å². The average molecular weight is 411 g/mol. The van der Waals surface area contributed by atoms with Crippen LogP contribution in [0.5, 0.6) is 0 Å². The van der Waals surface area contributed by atoms with Gasteiger partial charge in [-0.1, -0.05) is 29.8 Å². The van der Waals surface area contributed by atoms with Crippen LogP contribution in [0.1, 0.15) is 12.1 Å². The second-order valence-corrected chi connectivity index (χ2v) is 7.23. The number of oxazole rings is 1. The molecule has 1 saturated heterocycles. The highest BCUT2D eigenvalue weighted by Crippen LogP contribution is 2.25. The predicted molar refractivity (Wildman–Crippen MR) is 115 cm³/mol. The number of nitrogens with zero attached hydrogens (tertiary/aromatic N) is 4. The van der Waals surface area contributed by atoms with E-state index in [0.717, 1.165) is 42.5 Å². The maximum atomic E-state index is 6.27. The van der Waals surface area contributed by atoms with E-state index in [9.17, 15) is 0 Å². The van der Waals surface area contributed by atoms with Crippen molar-refractivity contribution >= 4 is 23.4 Å². The summed E-state index contributed by atoms with van der Waals surface area (Å²) in [4.78, 5) is 15.5. The summed E-state index contributed by atoms with van der Waals surface area (Å²) >= 11 is 6.27. The first-order chi connectivity index (χ1) is 14.2. The Hall–Kier alpha value is -3.06. The SMILES string of the molecule is CN=C(NCc1coc(-c2ccccc2)n1)NC1CCN(c2ncccc2Cl)C1. The lowest BCUT2D eigenvalue weighted by molar-refractivity contribution is 0.572. The van der Waals surface area contributed by atoms with Gasteiger partial charge in [0.2, 0.25) is 5.89 Å². The maximum Gasteiger partial charge on any atom is 0.226 e. The first-order valence-electron chi connectivity index (χ1n) is 9.55. The van der Waals surface area contributed by atoms with Gasteiger partial charge in [0.05, 0.1) is 17.3 Å². The van der Waals surface area contributed by atoms with E-state index in [2.05, 4.69) is 30.5 Å². The van der Waals surface area contributed by atoms with Gasteiger partial charge in [0.1, 0.15) is 12.1 Å². The number of halogens is 1. The van der Waals surface area contributed by atoms with E-state index in [4.69, 9.17) is 16.0 Å². The summed E-state index contributed by atoms with van der Waals surface area (Å²) in [6.45, 7) is 2.24. The number of hydrogen-bond donors (Lipinski definition) is 2. The van der Waals surface area contributed by atoms with E-state index >= 15 is 0 Å². The summed E-state index contributed by atoms with van der Waals surface area (Å²) in [6, 6.07) is 13.8. The number of pyridine rings is 1. The second-order valence-electron chi connectivity index (χ2n) is 6.82. The fourth-order valence-electron chi connectivity index (χ4n) is 3.34. The third kappa shape index (κ3) is 4.68. The Balaban J connectivity index is 1.31. The molecule has 2 N–H and O–H groups in total. The molecule has 1 aliphatic heterocycles. The van der Waals surface area contributed by atoms with E-state index < -0.39 is 0 Å². The first-order valence-corrected chi connectivity index (χ1v) is 9.93. The molecule has 1 unspecified atom stereocenters. The Kier molecular flexibility index (Phi) is 5.95. The fraction of sp³-hybridized carbons (Fsp3) is 0.286. The molecule has 1 aromatic carbocycles. The van der Waals surface area contributed by atoms with Gasteiger partial charge in [-0.2, -0.15) is 0 Å². The minimum Gasteiger partial charge on any atom is -0.444 e. The number of aliphatic imine (C=N–C) groups is 1. The highest BCUT2D eigenvalue weighted by molar-refractivity contribution is 6.32. The summed E-state index contributed by atoms with van der Waals surface area (Å²) < 4.78 is 5.59. The molecule has 3 heterocycles. The quantitative estimate of drug-likeness (QED) is 0.496. The number of anilines is 1. The van der Waals surface area contributed by atoms with Gasteiger partial charge in [-0.05, 0) is 30.7 Å². The van der Waals surface area contributed by atoms with Crippen LogP contribution < -0.4 is 15.5 Å². The standard InChI is InChI=1S/C21H23ClN6O/c1-23-21(25-12-17-14-29-20(26-17)15-6-3-2-4-7-15)27-16-9-11-28(13-16)19-18(22)8-5-10-24-19/h2-8,10,14,16H,9,11-13H2,1H3,(H2,23,25,27). The zero-order valence-electron chi connectivity index (χ0n) is 16.2. The Morgan fingerprint density at radius 3 is 2.93 bits per heavy atom. The second kappa shape index (κ2) is 8.96. The van der Waals surface area contributed by atoms with Crippen molar-refractivity contribution in [2.45, 2.75) is 19.0 Å². The summed E-state index contributed by atoms with van der Waals surface area (Å²) in [7, 11) is 1.76. The molecule has 0 bridgehead atoms. The van der Waals surface area contributed by atoms with Crippen molar-refractivity contribution in [1.82, 2.24) is 20.6 Å². The van der Waals surface area contributed by atoms with Crippen LogP contribution in [0.25, 0.3) is 11.5 Å². The van der Waals surface area contributed by atoms with Gasteiger partial charge >= 0.3 is 0 Å². The van der Waals surface area contributed by atoms with Crippen molar-refractivity contribution in [1.29, 1.82) is 0 Å². The van der Waals surface area contributed by atoms with Crippen LogP contribution in [-0.4, -0.2) is 42.1 Å². The number of nitrogens with one attached hydrogen (secondary N) is 2. The van der Waals surface area contributed by atoms with E-state index in [0.29, 0.717) is 17.5 Å². The fourth-order valence-corrected chi connectivity index (χ4v) is 3.59. The molecule has 4 rings (SSSR count). The Morgan fingerprint density at radius 2 is 2.14 bits per heavy atom. The van der Waals surface area contributed by atoms with Gasteiger partial charge in [-0.15, -0.1) is 0 Å². The average Bonchev–Trinajstić information content (AvgIpc) is 3.42. The van der Waals surface area contributed by atoms with Crippen molar-refractivity contribution in [3.05, 3.63) is 65.6 Å². The van der Waals surface area contributed by atoms with Crippen LogP contribution in [-0.2, 0) is 6.54 Å². The van der Waals surface area contributed by atoms with E-state index in [1.807, 2.05) is 42.5 Å². The molecule has 29 heavy (non-hydrogen) atoms. The molecule has 2 aromatic heterocycles. The van der Waals surface area contributed by atoms with E-state index in [1.165, 1.54) is 0 Å². The highest BCUT2D eigenvalue weighted by Gasteiger charge is 2.25. The lowest BCUT2D eigenvalue weighted by Gasteiger charge is -2.20. The molecule has 1 aliphatic rings. The highest BCUT2D eigenvalue weighted by atomic mass is 35.5. The minimum atomic E-state index is 0.261. The number of hydrogen-bond acceptors (Lipinski definition) is 5. The van der Waals surface area contributed by atoms with Gasteiger partial charge in [0.25, 0.3) is 0 Å². The molecule has 0 saturated carbocycles. The van der Waals surface area contributed by atoms with Crippen LogP contribution in [0.15, 0.2) is 64.3 Å². The molecule has 3 aromatic rings. The number of rotatable bonds is 5. The molecule has 0 radical (unpaired) electrons. The third-order valence-electron chi connectivity index (χ3n) is 4.80. The van der Waals surface area contributed by atoms with Crippen molar-refractivity contribution in [3.8, 4) is 11.5 Å². The monoisotopic (exact) mass is 410 g/mol. The maximum absolute atomic E-state index is 6.27. The van der Waals surface area contributed by atoms with Crippen LogP contribution in [0.4, 0.5) is 5.82 Å². The van der Waals surface area contributed by atoms with Crippen molar-refractivity contribution in [2.24, 2.45) is 4.99 Å². The number of guanidine groups is 1. The van der Waals surface area contributed by atoms with Gasteiger partial charge < -0.3 is 20.0 Å². The summed E-state index contributed by atoms with van der Waals surface area (Å²) in [5.74, 6) is 2.18. The first kappa shape index (κ1) is 19.3. The smallest absolute Gasteiger partial charge is 0.226 e. The van der Waals surface area contributed by atoms with Gasteiger partial charge in [0.15, 0.2) is 5.96 Å². The molecular formula is C21H23ClN6O. The van der Waals surface area contributed by atoms with Crippen molar-refractivity contribution < 1.29 is 4.42 Å². The van der Waals surface area contributed by atoms with E-state index in [-0.39, 0.29) is 6.04 Å². The molecule has 150 valence electrons. The van der Waals surface area contributed by atoms with Crippen LogP contribution in [0, 0.1) is 0 Å². The van der Waals surface area contributed by atoms with Crippen LogP contribution in [0.3, 0.4) is 0 Å². The largest absolute Gasteiger partial charge is 0.444 e. The number of benzene rings is 1. The summed E-state index contributed by atoms with van der Waals surface area (Å²) in [5, 5.41) is 7.44. The lowest BCUT2D eigenvalue weighted by Crippen LogP contribution is -2.44. The molecule has 0 spiro atoms. The predicted octanol–water partition coefficient (Wildman–Crippen LogP) is 3.33. The Morgan fingerprint density at radius 1 is 1.28 bits per heavy atom.